The van der Waals surface area contributed by atoms with E-state index in [0.29, 0.717) is 18.5 Å². The molecule has 0 saturated carbocycles. The maximum atomic E-state index is 13.8. The molecule has 0 aliphatic rings. The number of nitrogens with one attached hydrogen (secondary N) is 2. The molecule has 1 aromatic carbocycles. The molecule has 1 aromatic rings. The van der Waals surface area contributed by atoms with Gasteiger partial charge in [-0.3, -0.25) is 9.59 Å². The molecule has 0 aromatic heterocycles. The fourth-order valence-electron chi connectivity index (χ4n) is 3.41. The Balaban J connectivity index is 3.41. The van der Waals surface area contributed by atoms with Gasteiger partial charge in [0.2, 0.25) is 11.8 Å². The average molecular weight is 476 g/mol. The van der Waals surface area contributed by atoms with Gasteiger partial charge in [-0.1, -0.05) is 51.8 Å². The van der Waals surface area contributed by atoms with Crippen LogP contribution < -0.4 is 10.6 Å². The van der Waals surface area contributed by atoms with Crippen LogP contribution in [-0.4, -0.2) is 52.6 Å². The van der Waals surface area contributed by atoms with Crippen molar-refractivity contribution < 1.29 is 24.2 Å². The lowest BCUT2D eigenvalue weighted by molar-refractivity contribution is -0.142. The minimum Gasteiger partial charge on any atom is -0.508 e. The highest BCUT2D eigenvalue weighted by atomic mass is 16.6. The lowest BCUT2D eigenvalue weighted by Gasteiger charge is -2.35. The van der Waals surface area contributed by atoms with Crippen LogP contribution in [0.5, 0.6) is 5.75 Å². The van der Waals surface area contributed by atoms with Crippen molar-refractivity contribution in [3.63, 3.8) is 0 Å². The van der Waals surface area contributed by atoms with Crippen molar-refractivity contribution in [3.8, 4) is 5.75 Å². The van der Waals surface area contributed by atoms with Crippen LogP contribution >= 0.6 is 0 Å². The fraction of sp³-hybridized carbons (Fsp3) is 0.577. The number of rotatable bonds is 12. The molecule has 3 amide bonds. The third kappa shape index (κ3) is 9.08. The van der Waals surface area contributed by atoms with Gasteiger partial charge in [-0.15, -0.1) is 6.58 Å². The maximum Gasteiger partial charge on any atom is 0.408 e. The number of phenols is 1. The molecule has 3 unspecified atom stereocenters. The molecule has 190 valence electrons. The summed E-state index contributed by atoms with van der Waals surface area (Å²) in [5.41, 5.74) is -0.263. The molecular weight excluding hydrogens is 434 g/mol. The van der Waals surface area contributed by atoms with Gasteiger partial charge in [0.1, 0.15) is 23.4 Å². The normalized spacial score (nSPS) is 13.8. The van der Waals surface area contributed by atoms with E-state index in [1.807, 2.05) is 20.8 Å². The summed E-state index contributed by atoms with van der Waals surface area (Å²) in [5.74, 6) is -1.03. The third-order valence-corrected chi connectivity index (χ3v) is 5.34. The number of unbranched alkanes of at least 4 members (excludes halogenated alkanes) is 1. The molecule has 0 spiro atoms. The lowest BCUT2D eigenvalue weighted by Crippen LogP contribution is -2.55. The van der Waals surface area contributed by atoms with Crippen LogP contribution in [0.3, 0.4) is 0 Å². The van der Waals surface area contributed by atoms with E-state index in [0.717, 1.165) is 12.8 Å². The molecule has 3 atom stereocenters. The van der Waals surface area contributed by atoms with Gasteiger partial charge in [0.25, 0.3) is 0 Å². The van der Waals surface area contributed by atoms with E-state index in [9.17, 15) is 19.5 Å². The zero-order chi connectivity index (χ0) is 25.9. The van der Waals surface area contributed by atoms with E-state index in [1.165, 1.54) is 23.1 Å². The number of carbonyl (C=O) groups excluding carboxylic acids is 3. The van der Waals surface area contributed by atoms with Gasteiger partial charge in [-0.2, -0.15) is 0 Å². The Morgan fingerprint density at radius 1 is 1.24 bits per heavy atom. The summed E-state index contributed by atoms with van der Waals surface area (Å²) in [7, 11) is 0. The average Bonchev–Trinajstić information content (AvgIpc) is 2.75. The largest absolute Gasteiger partial charge is 0.508 e. The molecule has 0 bridgehead atoms. The highest BCUT2D eigenvalue weighted by Crippen LogP contribution is 2.27. The van der Waals surface area contributed by atoms with Crippen LogP contribution in [0.1, 0.15) is 72.4 Å². The molecular formula is C26H41N3O5. The first-order valence-electron chi connectivity index (χ1n) is 11.9. The Kier molecular flexibility index (Phi) is 11.6. The summed E-state index contributed by atoms with van der Waals surface area (Å²) < 4.78 is 5.37. The van der Waals surface area contributed by atoms with E-state index >= 15 is 0 Å². The van der Waals surface area contributed by atoms with Gasteiger partial charge in [0, 0.05) is 13.1 Å². The first-order chi connectivity index (χ1) is 15.9. The van der Waals surface area contributed by atoms with Crippen molar-refractivity contribution in [3.05, 3.63) is 42.5 Å². The molecule has 34 heavy (non-hydrogen) atoms. The number of hydrogen-bond acceptors (Lipinski definition) is 5. The number of ether oxygens (including phenoxy) is 1. The highest BCUT2D eigenvalue weighted by Gasteiger charge is 2.37. The molecule has 0 fully saturated rings. The van der Waals surface area contributed by atoms with Crippen LogP contribution in [0, 0.1) is 5.92 Å². The molecule has 0 aliphatic heterocycles. The second-order valence-electron chi connectivity index (χ2n) is 9.43. The summed E-state index contributed by atoms with van der Waals surface area (Å²) in [5, 5.41) is 15.6. The second-order valence-corrected chi connectivity index (χ2v) is 9.43. The Bertz CT molecular complexity index is 834. The van der Waals surface area contributed by atoms with Gasteiger partial charge in [0.15, 0.2) is 0 Å². The van der Waals surface area contributed by atoms with Crippen molar-refractivity contribution >= 4 is 17.9 Å². The van der Waals surface area contributed by atoms with Crippen LogP contribution in [-0.2, 0) is 14.3 Å². The predicted molar refractivity (Wildman–Crippen MR) is 133 cm³/mol. The van der Waals surface area contributed by atoms with Crippen molar-refractivity contribution in [1.82, 2.24) is 15.5 Å². The lowest BCUT2D eigenvalue weighted by atomic mass is 9.95. The number of phenolic OH excluding ortho intramolecular Hbond substituents is 1. The van der Waals surface area contributed by atoms with Gasteiger partial charge >= 0.3 is 6.09 Å². The molecule has 3 N–H and O–H groups in total. The summed E-state index contributed by atoms with van der Waals surface area (Å²) in [6.45, 7) is 15.3. The van der Waals surface area contributed by atoms with E-state index in [-0.39, 0.29) is 24.1 Å². The number of nitrogens with zero attached hydrogens (tertiary/aromatic N) is 1. The number of carbonyl (C=O) groups is 3. The van der Waals surface area contributed by atoms with Crippen LogP contribution in [0.25, 0.3) is 0 Å². The minimum absolute atomic E-state index is 0.0137. The molecule has 0 radical (unpaired) electrons. The number of benzene rings is 1. The van der Waals surface area contributed by atoms with Gasteiger partial charge < -0.3 is 25.4 Å². The Morgan fingerprint density at radius 3 is 2.44 bits per heavy atom. The molecule has 1 rings (SSSR count). The monoisotopic (exact) mass is 475 g/mol. The minimum atomic E-state index is -1.01. The number of amides is 3. The Labute approximate surface area is 203 Å². The zero-order valence-corrected chi connectivity index (χ0v) is 21.4. The first-order valence-corrected chi connectivity index (χ1v) is 11.9. The highest BCUT2D eigenvalue weighted by molar-refractivity contribution is 5.92. The van der Waals surface area contributed by atoms with Crippen LogP contribution in [0.2, 0.25) is 0 Å². The summed E-state index contributed by atoms with van der Waals surface area (Å²) >= 11 is 0. The second kappa shape index (κ2) is 13.6. The van der Waals surface area contributed by atoms with E-state index in [1.54, 1.807) is 32.9 Å². The van der Waals surface area contributed by atoms with E-state index in [2.05, 4.69) is 17.2 Å². The van der Waals surface area contributed by atoms with Crippen molar-refractivity contribution in [1.29, 1.82) is 0 Å². The summed E-state index contributed by atoms with van der Waals surface area (Å²) in [6.07, 6.45) is 3.15. The molecule has 0 saturated heterocycles. The molecule has 8 heteroatoms. The standard InChI is InChI=1S/C26H41N3O5/c1-8-11-15-27-23(31)22(19-13-12-14-20(30)17-19)29(16-9-2)24(32)21(18(4)10-3)28-25(33)34-26(5,6)7/h9,12-14,17-18,21-22,30H,2,8,10-11,15-16H2,1,3-7H3,(H,27,31)(H,28,33). The maximum absolute atomic E-state index is 13.8. The quantitative estimate of drug-likeness (QED) is 0.308. The van der Waals surface area contributed by atoms with E-state index in [4.69, 9.17) is 4.74 Å². The number of aromatic hydroxyl groups is 1. The number of alkyl carbamates (subject to hydrolysis) is 1. The predicted octanol–water partition coefficient (Wildman–Crippen LogP) is 4.30. The smallest absolute Gasteiger partial charge is 0.408 e. The first kappa shape index (κ1) is 29.0. The molecule has 0 aliphatic carbocycles. The van der Waals surface area contributed by atoms with E-state index < -0.39 is 29.7 Å². The fourth-order valence-corrected chi connectivity index (χ4v) is 3.41. The summed E-state index contributed by atoms with van der Waals surface area (Å²) in [4.78, 5) is 41.0. The molecule has 8 nitrogen and oxygen atoms in total. The topological polar surface area (TPSA) is 108 Å². The third-order valence-electron chi connectivity index (χ3n) is 5.34. The van der Waals surface area contributed by atoms with Gasteiger partial charge in [-0.25, -0.2) is 4.79 Å². The van der Waals surface area contributed by atoms with Crippen molar-refractivity contribution in [2.24, 2.45) is 5.92 Å². The molecule has 0 heterocycles. The van der Waals surface area contributed by atoms with Crippen molar-refractivity contribution in [2.75, 3.05) is 13.1 Å². The SMILES string of the molecule is C=CCN(C(=O)C(NC(=O)OC(C)(C)C)C(C)CC)C(C(=O)NCCCC)c1cccc(O)c1. The Hall–Kier alpha value is -3.03. The Morgan fingerprint density at radius 2 is 1.91 bits per heavy atom. The van der Waals surface area contributed by atoms with Crippen LogP contribution in [0.15, 0.2) is 36.9 Å². The van der Waals surface area contributed by atoms with Gasteiger partial charge in [0.05, 0.1) is 0 Å². The van der Waals surface area contributed by atoms with Crippen LogP contribution in [0.4, 0.5) is 4.79 Å². The summed E-state index contributed by atoms with van der Waals surface area (Å²) in [6, 6.07) is 4.35. The zero-order valence-electron chi connectivity index (χ0n) is 21.4. The number of hydrogen-bond donors (Lipinski definition) is 3. The van der Waals surface area contributed by atoms with Gasteiger partial charge in [-0.05, 0) is 50.8 Å². The van der Waals surface area contributed by atoms with Crippen molar-refractivity contribution in [2.45, 2.75) is 78.5 Å².